The molecule has 0 spiro atoms. The molecule has 0 bridgehead atoms. The van der Waals surface area contributed by atoms with E-state index in [0.29, 0.717) is 11.5 Å². The molecule has 1 aliphatic carbocycles. The minimum Gasteiger partial charge on any atom is -0.310 e. The molecule has 0 saturated heterocycles. The molecule has 2 nitrogen and oxygen atoms in total. The minimum atomic E-state index is 0.366. The zero-order chi connectivity index (χ0) is 11.6. The highest BCUT2D eigenvalue weighted by molar-refractivity contribution is 5.32. The first kappa shape index (κ1) is 11.2. The Kier molecular flexibility index (Phi) is 2.98. The van der Waals surface area contributed by atoms with E-state index in [0.717, 1.165) is 12.1 Å². The highest BCUT2D eigenvalue weighted by atomic mass is 14.9. The molecule has 0 heterocycles. The Balaban J connectivity index is 1.92. The second-order valence-corrected chi connectivity index (χ2v) is 5.15. The average Bonchev–Trinajstić information content (AvgIpc) is 3.05. The van der Waals surface area contributed by atoms with Gasteiger partial charge in [-0.2, -0.15) is 5.26 Å². The van der Waals surface area contributed by atoms with Crippen LogP contribution in [-0.2, 0) is 0 Å². The van der Waals surface area contributed by atoms with Crippen LogP contribution in [0.3, 0.4) is 0 Å². The summed E-state index contributed by atoms with van der Waals surface area (Å²) in [6, 6.07) is 10.3. The molecule has 1 aliphatic rings. The Bertz CT molecular complexity index is 396. The lowest BCUT2D eigenvalue weighted by molar-refractivity contribution is 0.457. The van der Waals surface area contributed by atoms with Crippen LogP contribution in [0.2, 0.25) is 0 Å². The van der Waals surface area contributed by atoms with E-state index in [4.69, 9.17) is 5.26 Å². The summed E-state index contributed by atoms with van der Waals surface area (Å²) in [5, 5.41) is 12.3. The third kappa shape index (κ3) is 2.62. The lowest BCUT2D eigenvalue weighted by atomic mass is 10.0. The van der Waals surface area contributed by atoms with Crippen LogP contribution in [0, 0.1) is 16.7 Å². The van der Waals surface area contributed by atoms with Gasteiger partial charge in [-0.3, -0.25) is 0 Å². The Hall–Kier alpha value is -1.33. The fraction of sp³-hybridized carbons (Fsp3) is 0.500. The Labute approximate surface area is 97.3 Å². The van der Waals surface area contributed by atoms with E-state index in [1.807, 2.05) is 24.3 Å². The molecule has 1 unspecified atom stereocenters. The predicted octanol–water partition coefficient (Wildman–Crippen LogP) is 3.01. The molecule has 0 radical (unpaired) electrons. The zero-order valence-electron chi connectivity index (χ0n) is 9.96. The molecule has 1 fully saturated rings. The van der Waals surface area contributed by atoms with Crippen LogP contribution in [0.15, 0.2) is 24.3 Å². The molecule has 0 aromatic heterocycles. The van der Waals surface area contributed by atoms with Crippen LogP contribution >= 0.6 is 0 Å². The van der Waals surface area contributed by atoms with Gasteiger partial charge in [0.1, 0.15) is 0 Å². The van der Waals surface area contributed by atoms with Crippen LogP contribution in [-0.4, -0.2) is 6.54 Å². The lowest BCUT2D eigenvalue weighted by Gasteiger charge is -2.17. The highest BCUT2D eigenvalue weighted by Gasteiger charge is 2.36. The number of nitrogens with zero attached hydrogens (tertiary/aromatic N) is 1. The van der Waals surface area contributed by atoms with Crippen molar-refractivity contribution in [3.63, 3.8) is 0 Å². The Morgan fingerprint density at radius 1 is 1.38 bits per heavy atom. The van der Waals surface area contributed by atoms with Crippen molar-refractivity contribution in [3.05, 3.63) is 35.4 Å². The number of nitriles is 1. The molecule has 1 aromatic rings. The first-order valence-electron chi connectivity index (χ1n) is 5.86. The standard InChI is InChI=1S/C14H18N2/c1-11(16-10-14(2)7-8-14)13-5-3-12(9-15)4-6-13/h3-6,11,16H,7-8,10H2,1-2H3. The quantitative estimate of drug-likeness (QED) is 0.836. The Morgan fingerprint density at radius 2 is 2.00 bits per heavy atom. The molecule has 2 heteroatoms. The van der Waals surface area contributed by atoms with Gasteiger partial charge in [0, 0.05) is 12.6 Å². The van der Waals surface area contributed by atoms with Crippen LogP contribution in [0.1, 0.15) is 43.9 Å². The van der Waals surface area contributed by atoms with Crippen molar-refractivity contribution in [2.45, 2.75) is 32.7 Å². The van der Waals surface area contributed by atoms with Gasteiger partial charge in [-0.05, 0) is 42.9 Å². The molecule has 0 amide bonds. The maximum absolute atomic E-state index is 8.72. The van der Waals surface area contributed by atoms with E-state index < -0.39 is 0 Å². The van der Waals surface area contributed by atoms with Gasteiger partial charge >= 0.3 is 0 Å². The SMILES string of the molecule is CC(NCC1(C)CC1)c1ccc(C#N)cc1. The molecule has 1 atom stereocenters. The van der Waals surface area contributed by atoms with Gasteiger partial charge in [-0.25, -0.2) is 0 Å². The number of benzene rings is 1. The van der Waals surface area contributed by atoms with Crippen molar-refractivity contribution >= 4 is 0 Å². The smallest absolute Gasteiger partial charge is 0.0991 e. The second kappa shape index (κ2) is 4.27. The van der Waals surface area contributed by atoms with Gasteiger partial charge in [-0.1, -0.05) is 19.1 Å². The monoisotopic (exact) mass is 214 g/mol. The first-order valence-corrected chi connectivity index (χ1v) is 5.86. The van der Waals surface area contributed by atoms with Crippen LogP contribution in [0.25, 0.3) is 0 Å². The molecule has 16 heavy (non-hydrogen) atoms. The maximum atomic E-state index is 8.72. The van der Waals surface area contributed by atoms with Gasteiger partial charge in [0.05, 0.1) is 11.6 Å². The van der Waals surface area contributed by atoms with Crippen LogP contribution < -0.4 is 5.32 Å². The zero-order valence-corrected chi connectivity index (χ0v) is 9.96. The molecular weight excluding hydrogens is 196 g/mol. The van der Waals surface area contributed by atoms with E-state index in [9.17, 15) is 0 Å². The first-order chi connectivity index (χ1) is 7.63. The summed E-state index contributed by atoms with van der Waals surface area (Å²) in [4.78, 5) is 0. The predicted molar refractivity (Wildman–Crippen MR) is 64.9 cm³/mol. The number of nitrogens with one attached hydrogen (secondary N) is 1. The summed E-state index contributed by atoms with van der Waals surface area (Å²) in [6.45, 7) is 5.59. The van der Waals surface area contributed by atoms with Crippen molar-refractivity contribution in [2.24, 2.45) is 5.41 Å². The summed E-state index contributed by atoms with van der Waals surface area (Å²) < 4.78 is 0. The molecule has 1 N–H and O–H groups in total. The lowest BCUT2D eigenvalue weighted by Crippen LogP contribution is -2.25. The molecule has 84 valence electrons. The summed E-state index contributed by atoms with van der Waals surface area (Å²) in [7, 11) is 0. The fourth-order valence-electron chi connectivity index (χ4n) is 1.75. The third-order valence-electron chi connectivity index (χ3n) is 3.48. The van der Waals surface area contributed by atoms with Crippen molar-refractivity contribution in [3.8, 4) is 6.07 Å². The largest absolute Gasteiger partial charge is 0.310 e. The molecule has 2 rings (SSSR count). The second-order valence-electron chi connectivity index (χ2n) is 5.15. The molecule has 1 saturated carbocycles. The van der Waals surface area contributed by atoms with Crippen LogP contribution in [0.4, 0.5) is 0 Å². The normalized spacial score (nSPS) is 18.8. The van der Waals surface area contributed by atoms with Crippen molar-refractivity contribution in [2.75, 3.05) is 6.54 Å². The van der Waals surface area contributed by atoms with E-state index in [2.05, 4.69) is 25.2 Å². The van der Waals surface area contributed by atoms with Crippen molar-refractivity contribution in [1.82, 2.24) is 5.32 Å². The molecule has 0 aliphatic heterocycles. The third-order valence-corrected chi connectivity index (χ3v) is 3.48. The van der Waals surface area contributed by atoms with E-state index in [-0.39, 0.29) is 0 Å². The highest BCUT2D eigenvalue weighted by Crippen LogP contribution is 2.44. The van der Waals surface area contributed by atoms with Gasteiger partial charge < -0.3 is 5.32 Å². The molecule has 1 aromatic carbocycles. The fourth-order valence-corrected chi connectivity index (χ4v) is 1.75. The summed E-state index contributed by atoms with van der Waals surface area (Å²) in [5.41, 5.74) is 2.52. The van der Waals surface area contributed by atoms with Gasteiger partial charge in [0.2, 0.25) is 0 Å². The van der Waals surface area contributed by atoms with Gasteiger partial charge in [-0.15, -0.1) is 0 Å². The molecular formula is C14H18N2. The number of hydrogen-bond donors (Lipinski definition) is 1. The maximum Gasteiger partial charge on any atom is 0.0991 e. The Morgan fingerprint density at radius 3 is 2.50 bits per heavy atom. The van der Waals surface area contributed by atoms with E-state index in [1.54, 1.807) is 0 Å². The number of rotatable bonds is 4. The van der Waals surface area contributed by atoms with Gasteiger partial charge in [0.15, 0.2) is 0 Å². The van der Waals surface area contributed by atoms with E-state index >= 15 is 0 Å². The summed E-state index contributed by atoms with van der Waals surface area (Å²) >= 11 is 0. The van der Waals surface area contributed by atoms with Crippen molar-refractivity contribution < 1.29 is 0 Å². The van der Waals surface area contributed by atoms with E-state index in [1.165, 1.54) is 18.4 Å². The average molecular weight is 214 g/mol. The van der Waals surface area contributed by atoms with Crippen molar-refractivity contribution in [1.29, 1.82) is 5.26 Å². The summed E-state index contributed by atoms with van der Waals surface area (Å²) in [5.74, 6) is 0. The topological polar surface area (TPSA) is 35.8 Å². The van der Waals surface area contributed by atoms with Crippen LogP contribution in [0.5, 0.6) is 0 Å². The van der Waals surface area contributed by atoms with Gasteiger partial charge in [0.25, 0.3) is 0 Å². The number of hydrogen-bond acceptors (Lipinski definition) is 2. The summed E-state index contributed by atoms with van der Waals surface area (Å²) in [6.07, 6.45) is 2.69. The minimum absolute atomic E-state index is 0.366.